The van der Waals surface area contributed by atoms with Gasteiger partial charge in [-0.25, -0.2) is 0 Å². The Morgan fingerprint density at radius 3 is 0.694 bits per heavy atom. The molecule has 2 heterocycles. The fraction of sp³-hybridized carbons (Fsp3) is 0.120. The van der Waals surface area contributed by atoms with E-state index in [0.29, 0.717) is 26.4 Å². The summed E-state index contributed by atoms with van der Waals surface area (Å²) in [7, 11) is 0. The Kier molecular flexibility index (Phi) is 21.8. The van der Waals surface area contributed by atoms with Crippen molar-refractivity contribution in [2.75, 3.05) is 36.2 Å². The second-order valence-corrected chi connectivity index (χ2v) is 29.6. The van der Waals surface area contributed by atoms with Gasteiger partial charge in [-0.05, 0) is 288 Å². The Morgan fingerprint density at radius 2 is 0.435 bits per heavy atom. The first kappa shape index (κ1) is 70.1. The summed E-state index contributed by atoms with van der Waals surface area (Å²) >= 11 is 3.72. The molecule has 0 amide bonds. The van der Waals surface area contributed by atoms with E-state index in [1.54, 1.807) is 0 Å². The summed E-state index contributed by atoms with van der Waals surface area (Å²) in [5.74, 6) is 3.54. The predicted octanol–water partition coefficient (Wildman–Crippen LogP) is 29.0. The molecule has 0 saturated heterocycles. The Balaban J connectivity index is 0.602. The number of unbranched alkanes of at least 4 members (excludes halogenated alkanes) is 6. The summed E-state index contributed by atoms with van der Waals surface area (Å²) in [6.45, 7) is 10.4. The number of rotatable bonds is 31. The highest BCUT2D eigenvalue weighted by atomic mass is 32.1. The summed E-state index contributed by atoms with van der Waals surface area (Å²) in [4.78, 5) is 4.66. The molecule has 0 saturated carbocycles. The summed E-state index contributed by atoms with van der Waals surface area (Å²) < 4.78 is 29.6. The highest BCUT2D eigenvalue weighted by Gasteiger charge is 2.19. The molecule has 0 bridgehead atoms. The second kappa shape index (κ2) is 33.5. The van der Waals surface area contributed by atoms with Crippen molar-refractivity contribution in [2.45, 2.75) is 51.4 Å². The minimum absolute atomic E-state index is 0.671. The van der Waals surface area contributed by atoms with Crippen molar-refractivity contribution in [1.82, 2.24) is 0 Å². The molecule has 14 aromatic carbocycles. The summed E-state index contributed by atoms with van der Waals surface area (Å²) in [5, 5.41) is 5.08. The molecule has 6 nitrogen and oxygen atoms in total. The molecule has 0 unspecified atom stereocenters. The number of hydrogen-bond donors (Lipinski definition) is 0. The second-order valence-electron chi connectivity index (χ2n) is 27.4. The zero-order valence-electron chi connectivity index (χ0n) is 60.6. The minimum atomic E-state index is 0.671. The number of ether oxygens (including phenoxy) is 4. The fourth-order valence-electron chi connectivity index (χ4n) is 14.3. The van der Waals surface area contributed by atoms with Crippen LogP contribution in [0.3, 0.4) is 0 Å². The van der Waals surface area contributed by atoms with Crippen LogP contribution in [0.15, 0.2) is 341 Å². The van der Waals surface area contributed by atoms with Crippen molar-refractivity contribution >= 4 is 109 Å². The van der Waals surface area contributed by atoms with Gasteiger partial charge in [0.05, 0.1) is 26.4 Å². The molecule has 108 heavy (non-hydrogen) atoms. The van der Waals surface area contributed by atoms with Gasteiger partial charge in [-0.15, -0.1) is 22.7 Å². The molecular formula is C100H84N2O4S2. The van der Waals surface area contributed by atoms with Gasteiger partial charge >= 0.3 is 0 Å². The molecule has 0 spiro atoms. The fourth-order valence-corrected chi connectivity index (χ4v) is 16.4. The number of nitrogens with zero attached hydrogens (tertiary/aromatic N) is 2. The van der Waals surface area contributed by atoms with Crippen LogP contribution in [-0.2, 0) is 0 Å². The third-order valence-electron chi connectivity index (χ3n) is 20.2. The molecule has 0 radical (unpaired) electrons. The molecule has 0 N–H and O–H groups in total. The largest absolute Gasteiger partial charge is 0.494 e. The Hall–Kier alpha value is -12.2. The Bertz CT molecular complexity index is 5330. The molecule has 16 rings (SSSR count). The van der Waals surface area contributed by atoms with E-state index >= 15 is 0 Å². The van der Waals surface area contributed by atoms with Crippen LogP contribution in [0.1, 0.15) is 62.5 Å². The molecular weight excluding hydrogens is 1360 g/mol. The lowest BCUT2D eigenvalue weighted by molar-refractivity contribution is 0.287. The van der Waals surface area contributed by atoms with Gasteiger partial charge in [-0.2, -0.15) is 0 Å². The molecule has 0 aliphatic carbocycles. The standard InChI is InChI=1S/C100H84N2O4S2/c1-3-71-23-51-89(52-24-71)103-63-15-5-7-17-65-105-91-55-47-87(48-56-91)101(83-39-27-75(28-40-83)73-19-11-9-12-20-73)85-43-31-77(32-44-85)79-35-59-97-93(67-79)95-69-81(37-61-99(95)107-97)82-38-62-100-96(70-82)94-68-80(36-60-98(94)108-100)78-33-45-86(46-34-78)102(84-41-29-76(30-42-84)74-21-13-10-14-22-74)88-49-57-92(58-50-88)106-66-18-8-6-16-64-104-90-53-25-72(4-2)26-54-90/h3-4,9-14,19-62,67-70H,1-2,5-8,15-18,63-66H2. The Morgan fingerprint density at radius 1 is 0.222 bits per heavy atom. The van der Waals surface area contributed by atoms with Crippen molar-refractivity contribution in [1.29, 1.82) is 0 Å². The van der Waals surface area contributed by atoms with Crippen LogP contribution in [0.5, 0.6) is 23.0 Å². The van der Waals surface area contributed by atoms with Crippen LogP contribution in [0.25, 0.3) is 108 Å². The van der Waals surface area contributed by atoms with Crippen molar-refractivity contribution in [2.24, 2.45) is 0 Å². The van der Waals surface area contributed by atoms with Crippen LogP contribution in [0.2, 0.25) is 0 Å². The van der Waals surface area contributed by atoms with Gasteiger partial charge in [0.25, 0.3) is 0 Å². The van der Waals surface area contributed by atoms with Crippen molar-refractivity contribution in [3.63, 3.8) is 0 Å². The SMILES string of the molecule is C=Cc1ccc(OCCCCCCOc2ccc(N(c3ccc(-c4ccccc4)cc3)c3ccc(-c4ccc5sc6ccc(-c7ccc8sc9ccc(-c%10ccc(N(c%11ccc(OCCCCCCOc%12ccc(C=C)cc%12)cc%11)c%11ccc(-c%12ccccc%12)cc%11)cc%10)cc9c8c7)cc6c5c4)cc3)cc2)cc1. The van der Waals surface area contributed by atoms with Crippen LogP contribution in [0, 0.1) is 0 Å². The first-order valence-electron chi connectivity index (χ1n) is 37.6. The molecule has 8 heteroatoms. The van der Waals surface area contributed by atoms with Gasteiger partial charge in [0.1, 0.15) is 23.0 Å². The highest BCUT2D eigenvalue weighted by molar-refractivity contribution is 7.26. The normalized spacial score (nSPS) is 11.3. The maximum atomic E-state index is 6.30. The van der Waals surface area contributed by atoms with Crippen LogP contribution in [-0.4, -0.2) is 26.4 Å². The molecule has 530 valence electrons. The number of hydrogen-bond acceptors (Lipinski definition) is 8. The van der Waals surface area contributed by atoms with Gasteiger partial charge in [0.15, 0.2) is 0 Å². The lowest BCUT2D eigenvalue weighted by Crippen LogP contribution is -2.10. The van der Waals surface area contributed by atoms with E-state index in [1.165, 1.54) is 84.9 Å². The van der Waals surface area contributed by atoms with Gasteiger partial charge in [-0.3, -0.25) is 0 Å². The van der Waals surface area contributed by atoms with E-state index in [-0.39, 0.29) is 0 Å². The quantitative estimate of drug-likeness (QED) is 0.0404. The minimum Gasteiger partial charge on any atom is -0.494 e. The van der Waals surface area contributed by atoms with Gasteiger partial charge < -0.3 is 28.7 Å². The van der Waals surface area contributed by atoms with Crippen molar-refractivity contribution < 1.29 is 18.9 Å². The molecule has 0 aliphatic heterocycles. The molecule has 16 aromatic rings. The monoisotopic (exact) mass is 1440 g/mol. The summed E-state index contributed by atoms with van der Waals surface area (Å²) in [5.41, 5.74) is 20.5. The van der Waals surface area contributed by atoms with Crippen molar-refractivity contribution in [3.8, 4) is 78.6 Å². The maximum absolute atomic E-state index is 6.30. The van der Waals surface area contributed by atoms with E-state index in [1.807, 2.05) is 83.4 Å². The van der Waals surface area contributed by atoms with E-state index in [0.717, 1.165) is 131 Å². The average Bonchev–Trinajstić information content (AvgIpc) is 1.61. The number of thiophene rings is 2. The predicted molar refractivity (Wildman–Crippen MR) is 461 cm³/mol. The van der Waals surface area contributed by atoms with Crippen LogP contribution >= 0.6 is 22.7 Å². The zero-order valence-corrected chi connectivity index (χ0v) is 62.2. The van der Waals surface area contributed by atoms with Crippen molar-refractivity contribution in [3.05, 3.63) is 352 Å². The summed E-state index contributed by atoms with van der Waals surface area (Å²) in [6, 6.07) is 118. The molecule has 0 fully saturated rings. The van der Waals surface area contributed by atoms with E-state index in [2.05, 4.69) is 302 Å². The molecule has 0 atom stereocenters. The average molecular weight is 1440 g/mol. The lowest BCUT2D eigenvalue weighted by atomic mass is 9.98. The molecule has 0 aliphatic rings. The first-order chi connectivity index (χ1) is 53.4. The van der Waals surface area contributed by atoms with Gasteiger partial charge in [-0.1, -0.05) is 183 Å². The number of fused-ring (bicyclic) bond motifs is 6. The van der Waals surface area contributed by atoms with E-state index in [9.17, 15) is 0 Å². The maximum Gasteiger partial charge on any atom is 0.119 e. The van der Waals surface area contributed by atoms with Crippen LogP contribution < -0.4 is 28.7 Å². The van der Waals surface area contributed by atoms with E-state index in [4.69, 9.17) is 18.9 Å². The highest BCUT2D eigenvalue weighted by Crippen LogP contribution is 2.45. The Labute approximate surface area is 642 Å². The van der Waals surface area contributed by atoms with E-state index < -0.39 is 0 Å². The smallest absolute Gasteiger partial charge is 0.119 e. The topological polar surface area (TPSA) is 43.4 Å². The molecule has 2 aromatic heterocycles. The van der Waals surface area contributed by atoms with Crippen LogP contribution in [0.4, 0.5) is 34.1 Å². The third kappa shape index (κ3) is 16.4. The number of benzene rings is 14. The summed E-state index contributed by atoms with van der Waals surface area (Å²) in [6.07, 6.45) is 12.0. The zero-order chi connectivity index (χ0) is 72.8. The first-order valence-corrected chi connectivity index (χ1v) is 39.3. The van der Waals surface area contributed by atoms with Gasteiger partial charge in [0.2, 0.25) is 0 Å². The lowest BCUT2D eigenvalue weighted by Gasteiger charge is -2.26. The third-order valence-corrected chi connectivity index (χ3v) is 22.5. The van der Waals surface area contributed by atoms with Gasteiger partial charge in [0, 0.05) is 74.5 Å². The number of anilines is 6.